The normalized spacial score (nSPS) is 19.2. The molecule has 0 radical (unpaired) electrons. The van der Waals surface area contributed by atoms with Gasteiger partial charge in [0.2, 0.25) is 16.9 Å². The summed E-state index contributed by atoms with van der Waals surface area (Å²) in [6, 6.07) is 0. The number of ether oxygens (including phenoxy) is 2. The van der Waals surface area contributed by atoms with Crippen LogP contribution in [0, 0.1) is 11.8 Å². The summed E-state index contributed by atoms with van der Waals surface area (Å²) < 4.78 is 10.9. The molecule has 3 N–H and O–H groups in total. The Morgan fingerprint density at radius 3 is 1.88 bits per heavy atom. The van der Waals surface area contributed by atoms with E-state index < -0.39 is 11.2 Å². The number of hydrogen-bond donors (Lipinski definition) is 3. The first-order valence-electron chi connectivity index (χ1n) is 17.1. The number of carbonyl (C=O) groups is 4. The molecule has 1 aromatic rings. The van der Waals surface area contributed by atoms with Gasteiger partial charge >= 0.3 is 12.2 Å². The maximum atomic E-state index is 12.6. The second-order valence-electron chi connectivity index (χ2n) is 14.6. The number of anilines is 1. The van der Waals surface area contributed by atoms with Gasteiger partial charge in [0.25, 0.3) is 0 Å². The van der Waals surface area contributed by atoms with E-state index >= 15 is 0 Å². The largest absolute Gasteiger partial charge is 0.444 e. The predicted octanol–water partition coefficient (Wildman–Crippen LogP) is 5.27. The summed E-state index contributed by atoms with van der Waals surface area (Å²) in [4.78, 5) is 53.2. The number of rotatable bonds is 11. The summed E-state index contributed by atoms with van der Waals surface area (Å²) in [6.07, 6.45) is 4.95. The zero-order valence-electron chi connectivity index (χ0n) is 29.5. The number of nitrogens with one attached hydrogen (secondary N) is 3. The van der Waals surface area contributed by atoms with Gasteiger partial charge in [-0.25, -0.2) is 9.59 Å². The number of aromatic nitrogens is 2. The molecular formula is C32H52N8O6S3. The minimum absolute atomic E-state index is 0.0490. The van der Waals surface area contributed by atoms with Crippen LogP contribution in [-0.4, -0.2) is 103 Å². The van der Waals surface area contributed by atoms with Gasteiger partial charge in [0.15, 0.2) is 5.17 Å². The first kappa shape index (κ1) is 39.0. The van der Waals surface area contributed by atoms with Crippen molar-refractivity contribution in [2.75, 3.05) is 43.0 Å². The number of carbonyl (C=O) groups excluding carboxylic acids is 4. The highest BCUT2D eigenvalue weighted by molar-refractivity contribution is 8.14. The molecule has 4 rings (SSSR count). The Labute approximate surface area is 302 Å². The molecule has 3 aliphatic rings. The minimum atomic E-state index is -0.519. The SMILES string of the molecule is CC(C)(C)OC(=O)N1CCC(CC(=O)NC2=NNC(CCSCCc3nnc(NC(=O)CC4CCN(C(=O)OC(C)(C)C)CC4)s3)S2)CC1. The lowest BCUT2D eigenvalue weighted by molar-refractivity contribution is -0.121. The van der Waals surface area contributed by atoms with Crippen LogP contribution in [0.1, 0.15) is 91.5 Å². The van der Waals surface area contributed by atoms with E-state index in [4.69, 9.17) is 9.47 Å². The molecule has 1 atom stereocenters. The molecule has 0 saturated carbocycles. The van der Waals surface area contributed by atoms with Crippen LogP contribution in [0.3, 0.4) is 0 Å². The predicted molar refractivity (Wildman–Crippen MR) is 195 cm³/mol. The van der Waals surface area contributed by atoms with Gasteiger partial charge in [0.05, 0.1) is 5.37 Å². The second-order valence-corrected chi connectivity index (χ2v) is 18.1. The van der Waals surface area contributed by atoms with Crippen molar-refractivity contribution >= 4 is 69.2 Å². The van der Waals surface area contributed by atoms with E-state index in [9.17, 15) is 19.2 Å². The van der Waals surface area contributed by atoms with E-state index in [2.05, 4.69) is 31.4 Å². The molecule has 4 amide bonds. The van der Waals surface area contributed by atoms with Crippen molar-refractivity contribution in [1.29, 1.82) is 0 Å². The topological polar surface area (TPSA) is 167 Å². The van der Waals surface area contributed by atoms with Gasteiger partial charge in [-0.2, -0.15) is 16.9 Å². The van der Waals surface area contributed by atoms with Crippen molar-refractivity contribution < 1.29 is 28.7 Å². The Kier molecular flexibility index (Phi) is 14.3. The highest BCUT2D eigenvalue weighted by Gasteiger charge is 2.30. The third kappa shape index (κ3) is 14.2. The van der Waals surface area contributed by atoms with Gasteiger partial charge in [0, 0.05) is 45.4 Å². The van der Waals surface area contributed by atoms with Gasteiger partial charge in [-0.15, -0.1) is 10.2 Å². The molecule has 0 aromatic carbocycles. The number of amidine groups is 1. The van der Waals surface area contributed by atoms with Crippen molar-refractivity contribution in [3.05, 3.63) is 5.01 Å². The van der Waals surface area contributed by atoms with Gasteiger partial charge in [-0.3, -0.25) is 15.0 Å². The van der Waals surface area contributed by atoms with Crippen LogP contribution >= 0.6 is 34.9 Å². The average Bonchev–Trinajstić information content (AvgIpc) is 3.64. The lowest BCUT2D eigenvalue weighted by atomic mass is 9.93. The smallest absolute Gasteiger partial charge is 0.410 e. The maximum absolute atomic E-state index is 12.6. The van der Waals surface area contributed by atoms with Crippen molar-refractivity contribution in [1.82, 2.24) is 30.7 Å². The van der Waals surface area contributed by atoms with E-state index in [0.717, 1.165) is 55.0 Å². The van der Waals surface area contributed by atoms with Crippen LogP contribution in [0.25, 0.3) is 0 Å². The monoisotopic (exact) mass is 740 g/mol. The molecule has 1 aromatic heterocycles. The third-order valence-electron chi connectivity index (χ3n) is 7.99. The fourth-order valence-corrected chi connectivity index (χ4v) is 8.38. The number of thioether (sulfide) groups is 2. The summed E-state index contributed by atoms with van der Waals surface area (Å²) in [7, 11) is 0. The molecular weight excluding hydrogens is 689 g/mol. The minimum Gasteiger partial charge on any atom is -0.444 e. The second kappa shape index (κ2) is 17.9. The first-order valence-corrected chi connectivity index (χ1v) is 19.9. The molecule has 4 heterocycles. The van der Waals surface area contributed by atoms with Crippen LogP contribution in [0.4, 0.5) is 14.7 Å². The Morgan fingerprint density at radius 2 is 1.35 bits per heavy atom. The number of piperidine rings is 2. The molecule has 0 bridgehead atoms. The molecule has 2 saturated heterocycles. The third-order valence-corrected chi connectivity index (χ3v) is 10.9. The number of aryl methyl sites for hydroxylation is 1. The highest BCUT2D eigenvalue weighted by atomic mass is 32.2. The standard InChI is InChI=1S/C32H52N8O6S3/c1-31(2,3)45-29(43)39-13-7-21(8-14-39)19-23(41)33-27-37-35-25(48-27)11-17-47-18-12-26-36-38-28(49-26)34-24(42)20-22-9-15-40(16-10-22)30(44)46-32(4,5)6/h21-22,25,35H,7-20H2,1-6H3,(H,33,37,41)(H,34,38,42). The number of likely N-dealkylation sites (tertiary alicyclic amines) is 2. The number of hydrazone groups is 1. The lowest BCUT2D eigenvalue weighted by Gasteiger charge is -2.33. The summed E-state index contributed by atoms with van der Waals surface area (Å²) in [6.45, 7) is 13.5. The zero-order valence-corrected chi connectivity index (χ0v) is 32.0. The molecule has 3 aliphatic heterocycles. The molecule has 0 spiro atoms. The maximum Gasteiger partial charge on any atom is 0.410 e. The van der Waals surface area contributed by atoms with Crippen molar-refractivity contribution in [3.63, 3.8) is 0 Å². The Balaban J connectivity index is 1.02. The first-order chi connectivity index (χ1) is 23.1. The quantitative estimate of drug-likeness (QED) is 0.253. The van der Waals surface area contributed by atoms with Gasteiger partial charge < -0.3 is 29.9 Å². The van der Waals surface area contributed by atoms with E-state index in [1.807, 2.05) is 53.3 Å². The van der Waals surface area contributed by atoms with Crippen LogP contribution in [0.15, 0.2) is 5.10 Å². The van der Waals surface area contributed by atoms with E-state index in [1.54, 1.807) is 9.80 Å². The molecule has 274 valence electrons. The lowest BCUT2D eigenvalue weighted by Crippen LogP contribution is -2.42. The van der Waals surface area contributed by atoms with Crippen molar-refractivity contribution in [3.8, 4) is 0 Å². The fraction of sp³-hybridized carbons (Fsp3) is 0.781. The van der Waals surface area contributed by atoms with E-state index in [1.165, 1.54) is 23.1 Å². The van der Waals surface area contributed by atoms with E-state index in [0.29, 0.717) is 49.3 Å². The molecule has 2 fully saturated rings. The summed E-state index contributed by atoms with van der Waals surface area (Å²) in [5.41, 5.74) is 2.07. The Morgan fingerprint density at radius 1 is 0.816 bits per heavy atom. The number of nitrogens with zero attached hydrogens (tertiary/aromatic N) is 5. The molecule has 14 nitrogen and oxygen atoms in total. The highest BCUT2D eigenvalue weighted by Crippen LogP contribution is 2.26. The van der Waals surface area contributed by atoms with Gasteiger partial charge in [-0.05, 0) is 97.0 Å². The van der Waals surface area contributed by atoms with Crippen LogP contribution in [0.5, 0.6) is 0 Å². The molecule has 17 heteroatoms. The van der Waals surface area contributed by atoms with Crippen molar-refractivity contribution in [2.45, 2.75) is 109 Å². The van der Waals surface area contributed by atoms with Crippen LogP contribution in [0.2, 0.25) is 0 Å². The van der Waals surface area contributed by atoms with E-state index in [-0.39, 0.29) is 41.2 Å². The summed E-state index contributed by atoms with van der Waals surface area (Å²) in [5.74, 6) is 2.13. The van der Waals surface area contributed by atoms with Crippen LogP contribution < -0.4 is 16.1 Å². The number of amides is 4. The average molecular weight is 741 g/mol. The van der Waals surface area contributed by atoms with Gasteiger partial charge in [-0.1, -0.05) is 23.1 Å². The number of hydrogen-bond acceptors (Lipinski definition) is 13. The molecule has 49 heavy (non-hydrogen) atoms. The fourth-order valence-electron chi connectivity index (χ4n) is 5.51. The summed E-state index contributed by atoms with van der Waals surface area (Å²) in [5, 5.41) is 20.6. The Hall–Kier alpha value is -2.79. The van der Waals surface area contributed by atoms with Crippen molar-refractivity contribution in [2.24, 2.45) is 16.9 Å². The summed E-state index contributed by atoms with van der Waals surface area (Å²) >= 11 is 4.75. The zero-order chi connectivity index (χ0) is 35.6. The molecule has 0 aliphatic carbocycles. The van der Waals surface area contributed by atoms with Gasteiger partial charge in [0.1, 0.15) is 16.2 Å². The van der Waals surface area contributed by atoms with Crippen LogP contribution in [-0.2, 0) is 25.5 Å². The Bertz CT molecular complexity index is 1310. The molecule has 1 unspecified atom stereocenters.